The van der Waals surface area contributed by atoms with Crippen molar-refractivity contribution in [1.82, 2.24) is 15.4 Å². The Balaban J connectivity index is 2.04. The molecule has 5 nitrogen and oxygen atoms in total. The van der Waals surface area contributed by atoms with Crippen LogP contribution >= 0.6 is 0 Å². The fourth-order valence-electron chi connectivity index (χ4n) is 2.36. The van der Waals surface area contributed by atoms with E-state index in [4.69, 9.17) is 10.00 Å². The minimum atomic E-state index is -4.87. The van der Waals surface area contributed by atoms with Crippen LogP contribution in [0.15, 0.2) is 42.5 Å². The van der Waals surface area contributed by atoms with Crippen molar-refractivity contribution in [2.45, 2.75) is 12.4 Å². The summed E-state index contributed by atoms with van der Waals surface area (Å²) >= 11 is 0. The Labute approximate surface area is 153 Å². The molecule has 0 fully saturated rings. The summed E-state index contributed by atoms with van der Waals surface area (Å²) in [5.41, 5.74) is -2.60. The number of H-pyrrole nitrogens is 1. The number of alkyl halides is 6. The first-order chi connectivity index (χ1) is 13.1. The van der Waals surface area contributed by atoms with Gasteiger partial charge in [0, 0.05) is 5.56 Å². The number of nitriles is 1. The minimum absolute atomic E-state index is 0.0611. The first-order valence-corrected chi connectivity index (χ1v) is 7.47. The maximum atomic E-state index is 13.5. The Bertz CT molecular complexity index is 1050. The highest BCUT2D eigenvalue weighted by Gasteiger charge is 2.36. The smallest absolute Gasteiger partial charge is 0.420 e. The van der Waals surface area contributed by atoms with Crippen LogP contribution in [0.2, 0.25) is 0 Å². The molecule has 28 heavy (non-hydrogen) atoms. The zero-order valence-corrected chi connectivity index (χ0v) is 13.6. The second-order valence-corrected chi connectivity index (χ2v) is 5.48. The van der Waals surface area contributed by atoms with Gasteiger partial charge >= 0.3 is 12.4 Å². The van der Waals surface area contributed by atoms with Crippen LogP contribution in [-0.4, -0.2) is 15.4 Å². The summed E-state index contributed by atoms with van der Waals surface area (Å²) in [7, 11) is 0. The Morgan fingerprint density at radius 3 is 2.36 bits per heavy atom. The molecule has 1 heterocycles. The predicted octanol–water partition coefficient (Wildman–Crippen LogP) is 5.17. The number of aromatic amines is 1. The lowest BCUT2D eigenvalue weighted by atomic mass is 10.1. The van der Waals surface area contributed by atoms with E-state index >= 15 is 0 Å². The first kappa shape index (κ1) is 19.2. The highest BCUT2D eigenvalue weighted by atomic mass is 19.4. The third-order valence-corrected chi connectivity index (χ3v) is 3.61. The number of rotatable bonds is 3. The van der Waals surface area contributed by atoms with E-state index < -0.39 is 35.0 Å². The third-order valence-electron chi connectivity index (χ3n) is 3.61. The van der Waals surface area contributed by atoms with Crippen molar-refractivity contribution in [3.05, 3.63) is 59.3 Å². The van der Waals surface area contributed by atoms with Gasteiger partial charge in [0.05, 0.1) is 11.1 Å². The average Bonchev–Trinajstić information content (AvgIpc) is 3.09. The van der Waals surface area contributed by atoms with E-state index in [0.29, 0.717) is 12.1 Å². The van der Waals surface area contributed by atoms with Gasteiger partial charge < -0.3 is 4.74 Å². The molecular formula is C17H8F6N4O. The van der Waals surface area contributed by atoms with Gasteiger partial charge in [0.2, 0.25) is 0 Å². The van der Waals surface area contributed by atoms with Crippen molar-refractivity contribution >= 4 is 0 Å². The van der Waals surface area contributed by atoms with Gasteiger partial charge in [-0.1, -0.05) is 11.3 Å². The number of nitrogens with zero attached hydrogens (tertiary/aromatic N) is 3. The summed E-state index contributed by atoms with van der Waals surface area (Å²) in [6.45, 7) is 0. The van der Waals surface area contributed by atoms with Gasteiger partial charge in [0.1, 0.15) is 23.3 Å². The first-order valence-electron chi connectivity index (χ1n) is 7.47. The molecule has 3 aromatic rings. The molecule has 0 amide bonds. The van der Waals surface area contributed by atoms with Crippen LogP contribution in [0.25, 0.3) is 11.3 Å². The number of benzene rings is 2. The second-order valence-electron chi connectivity index (χ2n) is 5.48. The van der Waals surface area contributed by atoms with Crippen LogP contribution in [0, 0.1) is 11.3 Å². The number of halogens is 6. The number of hydrogen-bond donors (Lipinski definition) is 1. The zero-order chi connectivity index (χ0) is 20.5. The Hall–Kier alpha value is -3.55. The van der Waals surface area contributed by atoms with Crippen LogP contribution in [0.4, 0.5) is 26.3 Å². The molecule has 144 valence electrons. The van der Waals surface area contributed by atoms with Crippen molar-refractivity contribution in [2.75, 3.05) is 0 Å². The third kappa shape index (κ3) is 3.90. The van der Waals surface area contributed by atoms with Crippen molar-refractivity contribution < 1.29 is 31.1 Å². The van der Waals surface area contributed by atoms with E-state index in [2.05, 4.69) is 15.4 Å². The fraction of sp³-hybridized carbons (Fsp3) is 0.118. The number of nitrogens with one attached hydrogen (secondary N) is 1. The molecule has 0 aliphatic heterocycles. The molecule has 1 aromatic heterocycles. The van der Waals surface area contributed by atoms with E-state index in [1.807, 2.05) is 0 Å². The number of aromatic nitrogens is 3. The lowest BCUT2D eigenvalue weighted by Gasteiger charge is -2.15. The summed E-state index contributed by atoms with van der Waals surface area (Å²) in [5.74, 6) is -1.11. The summed E-state index contributed by atoms with van der Waals surface area (Å²) < 4.78 is 83.8. The normalized spacial score (nSPS) is 11.9. The van der Waals surface area contributed by atoms with Crippen molar-refractivity contribution in [1.29, 1.82) is 5.26 Å². The van der Waals surface area contributed by atoms with E-state index in [9.17, 15) is 26.3 Å². The van der Waals surface area contributed by atoms with Crippen molar-refractivity contribution in [2.24, 2.45) is 0 Å². The standard InChI is InChI=1S/C17H8F6N4O/c18-16(19,20)10-2-1-3-11(7-10)28-14-5-4-9(6-12(14)17(21,22)23)15-13(8-24)25-27-26-15/h1-7H,(H,25,26,27). The molecular weight excluding hydrogens is 390 g/mol. The van der Waals surface area contributed by atoms with Crippen LogP contribution < -0.4 is 4.74 Å². The van der Waals surface area contributed by atoms with Gasteiger partial charge in [0.15, 0.2) is 5.69 Å². The van der Waals surface area contributed by atoms with E-state index in [-0.39, 0.29) is 17.0 Å². The maximum absolute atomic E-state index is 13.5. The van der Waals surface area contributed by atoms with Crippen LogP contribution in [0.1, 0.15) is 16.8 Å². The molecule has 0 aliphatic rings. The minimum Gasteiger partial charge on any atom is -0.457 e. The molecule has 0 unspecified atom stereocenters. The molecule has 2 aromatic carbocycles. The monoisotopic (exact) mass is 398 g/mol. The Morgan fingerprint density at radius 1 is 0.964 bits per heavy atom. The summed E-state index contributed by atoms with van der Waals surface area (Å²) in [4.78, 5) is 0. The average molecular weight is 398 g/mol. The molecule has 0 radical (unpaired) electrons. The number of ether oxygens (including phenoxy) is 1. The summed E-state index contributed by atoms with van der Waals surface area (Å²) in [6, 6.07) is 8.02. The molecule has 0 saturated heterocycles. The topological polar surface area (TPSA) is 74.6 Å². The second kappa shape index (κ2) is 6.88. The molecule has 0 saturated carbocycles. The largest absolute Gasteiger partial charge is 0.457 e. The molecule has 3 rings (SSSR count). The molecule has 0 aliphatic carbocycles. The number of hydrogen-bond acceptors (Lipinski definition) is 4. The fourth-order valence-corrected chi connectivity index (χ4v) is 2.36. The van der Waals surface area contributed by atoms with E-state index in [1.54, 1.807) is 6.07 Å². The van der Waals surface area contributed by atoms with E-state index in [1.165, 1.54) is 6.07 Å². The van der Waals surface area contributed by atoms with Crippen molar-refractivity contribution in [3.8, 4) is 28.8 Å². The van der Waals surface area contributed by atoms with Gasteiger partial charge in [0.25, 0.3) is 0 Å². The molecule has 11 heteroatoms. The molecule has 1 N–H and O–H groups in total. The molecule has 0 atom stereocenters. The van der Waals surface area contributed by atoms with Crippen molar-refractivity contribution in [3.63, 3.8) is 0 Å². The van der Waals surface area contributed by atoms with Crippen LogP contribution in [-0.2, 0) is 12.4 Å². The highest BCUT2D eigenvalue weighted by Crippen LogP contribution is 2.41. The molecule has 0 bridgehead atoms. The van der Waals surface area contributed by atoms with E-state index in [0.717, 1.165) is 24.3 Å². The van der Waals surface area contributed by atoms with Gasteiger partial charge in [-0.05, 0) is 36.4 Å². The summed E-state index contributed by atoms with van der Waals surface area (Å²) in [5, 5.41) is 18.1. The SMILES string of the molecule is N#Cc1[nH]nnc1-c1ccc(Oc2cccc(C(F)(F)F)c2)c(C(F)(F)F)c1. The predicted molar refractivity (Wildman–Crippen MR) is 83.1 cm³/mol. The molecule has 0 spiro atoms. The van der Waals surface area contributed by atoms with Gasteiger partial charge in [-0.25, -0.2) is 5.10 Å². The Kier molecular flexibility index (Phi) is 4.72. The lowest BCUT2D eigenvalue weighted by Crippen LogP contribution is -2.08. The van der Waals surface area contributed by atoms with Gasteiger partial charge in [-0.3, -0.25) is 0 Å². The quantitative estimate of drug-likeness (QED) is 0.618. The Morgan fingerprint density at radius 2 is 1.71 bits per heavy atom. The van der Waals surface area contributed by atoms with Crippen LogP contribution in [0.5, 0.6) is 11.5 Å². The van der Waals surface area contributed by atoms with Gasteiger partial charge in [-0.15, -0.1) is 5.10 Å². The maximum Gasteiger partial charge on any atom is 0.420 e. The summed E-state index contributed by atoms with van der Waals surface area (Å²) in [6.07, 6.45) is -9.54. The lowest BCUT2D eigenvalue weighted by molar-refractivity contribution is -0.139. The van der Waals surface area contributed by atoms with Crippen LogP contribution in [0.3, 0.4) is 0 Å². The zero-order valence-electron chi connectivity index (χ0n) is 13.6. The van der Waals surface area contributed by atoms with Gasteiger partial charge in [-0.2, -0.15) is 31.6 Å². The highest BCUT2D eigenvalue weighted by molar-refractivity contribution is 5.66.